The lowest BCUT2D eigenvalue weighted by atomic mass is 10.3. The summed E-state index contributed by atoms with van der Waals surface area (Å²) >= 11 is 0. The highest BCUT2D eigenvalue weighted by atomic mass is 15.0. The van der Waals surface area contributed by atoms with Gasteiger partial charge in [-0.25, -0.2) is 0 Å². The van der Waals surface area contributed by atoms with Crippen molar-refractivity contribution in [1.82, 2.24) is 0 Å². The summed E-state index contributed by atoms with van der Waals surface area (Å²) in [5.74, 6) is 0. The molecule has 0 fully saturated rings. The molecular weight excluding hydrogens is 310 g/mol. The van der Waals surface area contributed by atoms with Crippen LogP contribution < -0.4 is 26.7 Å². The fourth-order valence-corrected chi connectivity index (χ4v) is 2.56. The third-order valence-corrected chi connectivity index (χ3v) is 3.76. The SMILES string of the molecule is CCCN=c1c(NCCC)c(NCCC)c(=NCCC)c1=NCCC. The normalized spacial score (nSPS) is 12.7. The van der Waals surface area contributed by atoms with Gasteiger partial charge in [0, 0.05) is 32.7 Å². The molecule has 142 valence electrons. The van der Waals surface area contributed by atoms with E-state index in [-0.39, 0.29) is 0 Å². The lowest BCUT2D eigenvalue weighted by molar-refractivity contribution is 0.859. The van der Waals surface area contributed by atoms with E-state index in [0.29, 0.717) is 0 Å². The van der Waals surface area contributed by atoms with Crippen LogP contribution in [0.5, 0.6) is 0 Å². The second kappa shape index (κ2) is 12.7. The fourth-order valence-electron chi connectivity index (χ4n) is 2.56. The molecule has 5 heteroatoms. The van der Waals surface area contributed by atoms with E-state index in [1.54, 1.807) is 0 Å². The standard InChI is InChI=1S/C20H37N5/c1-6-11-21-16-17(22-12-7-2)19(24-14-9-4)20(25-15-10-5)18(16)23-13-8-3/h21-22H,6-15H2,1-5H3. The maximum Gasteiger partial charge on any atom is 0.112 e. The van der Waals surface area contributed by atoms with Crippen molar-refractivity contribution < 1.29 is 0 Å². The van der Waals surface area contributed by atoms with Crippen LogP contribution in [0.2, 0.25) is 0 Å². The molecular formula is C20H37N5. The van der Waals surface area contributed by atoms with Gasteiger partial charge in [-0.15, -0.1) is 0 Å². The van der Waals surface area contributed by atoms with Crippen molar-refractivity contribution in [3.8, 4) is 0 Å². The van der Waals surface area contributed by atoms with E-state index in [4.69, 9.17) is 15.0 Å². The highest BCUT2D eigenvalue weighted by Gasteiger charge is 2.14. The molecule has 0 saturated heterocycles. The summed E-state index contributed by atoms with van der Waals surface area (Å²) in [6.07, 6.45) is 5.25. The lowest BCUT2D eigenvalue weighted by Crippen LogP contribution is -2.35. The van der Waals surface area contributed by atoms with Crippen molar-refractivity contribution >= 4 is 11.4 Å². The maximum absolute atomic E-state index is 4.87. The summed E-state index contributed by atoms with van der Waals surface area (Å²) in [4.78, 5) is 14.6. The quantitative estimate of drug-likeness (QED) is 0.610. The Hall–Kier alpha value is -1.65. The average molecular weight is 348 g/mol. The predicted molar refractivity (Wildman–Crippen MR) is 109 cm³/mol. The second-order valence-electron chi connectivity index (χ2n) is 6.29. The second-order valence-corrected chi connectivity index (χ2v) is 6.29. The Bertz CT molecular complexity index is 600. The molecule has 1 aromatic carbocycles. The van der Waals surface area contributed by atoms with Gasteiger partial charge in [-0.2, -0.15) is 0 Å². The number of hydrogen-bond donors (Lipinski definition) is 2. The molecule has 0 aromatic heterocycles. The van der Waals surface area contributed by atoms with E-state index in [1.165, 1.54) is 0 Å². The number of nitrogens with one attached hydrogen (secondary N) is 2. The number of anilines is 2. The zero-order valence-corrected chi connectivity index (χ0v) is 16.9. The van der Waals surface area contributed by atoms with E-state index >= 15 is 0 Å². The van der Waals surface area contributed by atoms with Crippen LogP contribution in [0.3, 0.4) is 0 Å². The van der Waals surface area contributed by atoms with Crippen LogP contribution in [0.1, 0.15) is 66.7 Å². The van der Waals surface area contributed by atoms with E-state index in [9.17, 15) is 0 Å². The highest BCUT2D eigenvalue weighted by Crippen LogP contribution is 2.12. The molecule has 0 unspecified atom stereocenters. The first-order chi connectivity index (χ1) is 12.2. The smallest absolute Gasteiger partial charge is 0.112 e. The van der Waals surface area contributed by atoms with Crippen LogP contribution in [-0.4, -0.2) is 32.7 Å². The third-order valence-electron chi connectivity index (χ3n) is 3.76. The van der Waals surface area contributed by atoms with Gasteiger partial charge in [-0.05, 0) is 32.1 Å². The summed E-state index contributed by atoms with van der Waals surface area (Å²) in [5.41, 5.74) is 2.18. The topological polar surface area (TPSA) is 61.1 Å². The molecule has 0 aliphatic carbocycles. The molecule has 0 spiro atoms. The first-order valence-electron chi connectivity index (χ1n) is 10.1. The van der Waals surface area contributed by atoms with Crippen LogP contribution in [-0.2, 0) is 0 Å². The zero-order valence-electron chi connectivity index (χ0n) is 16.9. The maximum atomic E-state index is 4.87. The summed E-state index contributed by atoms with van der Waals surface area (Å²) in [7, 11) is 0. The molecule has 5 nitrogen and oxygen atoms in total. The van der Waals surface area contributed by atoms with Crippen molar-refractivity contribution in [3.63, 3.8) is 0 Å². The first-order valence-corrected chi connectivity index (χ1v) is 10.1. The Morgan fingerprint density at radius 1 is 0.520 bits per heavy atom. The van der Waals surface area contributed by atoms with Crippen molar-refractivity contribution in [3.05, 3.63) is 16.1 Å². The Balaban J connectivity index is 3.70. The van der Waals surface area contributed by atoms with Gasteiger partial charge in [0.15, 0.2) is 0 Å². The number of hydrogen-bond acceptors (Lipinski definition) is 5. The first kappa shape index (κ1) is 21.4. The Morgan fingerprint density at radius 3 is 1.20 bits per heavy atom. The molecule has 0 radical (unpaired) electrons. The van der Waals surface area contributed by atoms with E-state index < -0.39 is 0 Å². The lowest BCUT2D eigenvalue weighted by Gasteiger charge is -2.09. The Labute approximate surface area is 153 Å². The molecule has 0 amide bonds. The van der Waals surface area contributed by atoms with Crippen LogP contribution in [0.4, 0.5) is 11.4 Å². The minimum atomic E-state index is 0.813. The summed E-state index contributed by atoms with van der Waals surface area (Å²) in [6, 6.07) is 0. The van der Waals surface area contributed by atoms with Gasteiger partial charge in [-0.3, -0.25) is 15.0 Å². The Kier molecular flexibility index (Phi) is 10.8. The monoisotopic (exact) mass is 347 g/mol. The van der Waals surface area contributed by atoms with Crippen LogP contribution >= 0.6 is 0 Å². The van der Waals surface area contributed by atoms with Crippen molar-refractivity contribution in [2.45, 2.75) is 66.7 Å². The molecule has 25 heavy (non-hydrogen) atoms. The molecule has 0 heterocycles. The summed E-state index contributed by atoms with van der Waals surface area (Å²) < 4.78 is 0. The third kappa shape index (κ3) is 6.29. The van der Waals surface area contributed by atoms with Crippen LogP contribution in [0.25, 0.3) is 0 Å². The van der Waals surface area contributed by atoms with Crippen molar-refractivity contribution in [1.29, 1.82) is 0 Å². The summed E-state index contributed by atoms with van der Waals surface area (Å²) in [6.45, 7) is 15.2. The zero-order chi connectivity index (χ0) is 18.5. The summed E-state index contributed by atoms with van der Waals surface area (Å²) in [5, 5.41) is 10.1. The molecule has 0 aliphatic rings. The van der Waals surface area contributed by atoms with E-state index in [1.807, 2.05) is 0 Å². The van der Waals surface area contributed by atoms with Gasteiger partial charge < -0.3 is 10.6 Å². The predicted octanol–water partition coefficient (Wildman–Crippen LogP) is 3.14. The van der Waals surface area contributed by atoms with Gasteiger partial charge in [0.2, 0.25) is 0 Å². The Morgan fingerprint density at radius 2 is 0.880 bits per heavy atom. The number of nitrogens with zero attached hydrogens (tertiary/aromatic N) is 3. The van der Waals surface area contributed by atoms with Crippen LogP contribution in [0, 0.1) is 0 Å². The molecule has 0 bridgehead atoms. The van der Waals surface area contributed by atoms with Crippen molar-refractivity contribution in [2.75, 3.05) is 43.4 Å². The van der Waals surface area contributed by atoms with Gasteiger partial charge in [-0.1, -0.05) is 34.6 Å². The molecule has 0 saturated carbocycles. The van der Waals surface area contributed by atoms with E-state index in [0.717, 1.165) is 92.3 Å². The molecule has 1 rings (SSSR count). The van der Waals surface area contributed by atoms with Gasteiger partial charge in [0.1, 0.15) is 16.1 Å². The fraction of sp³-hybridized carbons (Fsp3) is 0.750. The van der Waals surface area contributed by atoms with Crippen LogP contribution in [0.15, 0.2) is 15.0 Å². The molecule has 0 aliphatic heterocycles. The van der Waals surface area contributed by atoms with E-state index in [2.05, 4.69) is 45.3 Å². The molecule has 0 atom stereocenters. The van der Waals surface area contributed by atoms with Crippen molar-refractivity contribution in [2.24, 2.45) is 15.0 Å². The number of rotatable bonds is 12. The minimum Gasteiger partial charge on any atom is -0.382 e. The highest BCUT2D eigenvalue weighted by molar-refractivity contribution is 5.69. The largest absolute Gasteiger partial charge is 0.382 e. The average Bonchev–Trinajstić information content (AvgIpc) is 2.90. The minimum absolute atomic E-state index is 0.813. The van der Waals surface area contributed by atoms with Gasteiger partial charge in [0.25, 0.3) is 0 Å². The molecule has 2 N–H and O–H groups in total. The van der Waals surface area contributed by atoms with Gasteiger partial charge >= 0.3 is 0 Å². The van der Waals surface area contributed by atoms with Gasteiger partial charge in [0.05, 0.1) is 11.4 Å². The molecule has 1 aromatic rings.